The molecule has 0 fully saturated rings. The Balaban J connectivity index is 1.90. The highest BCUT2D eigenvalue weighted by Crippen LogP contribution is 2.21. The molecule has 2 N–H and O–H groups in total. The summed E-state index contributed by atoms with van der Waals surface area (Å²) in [6, 6.07) is 16.9. The van der Waals surface area contributed by atoms with Gasteiger partial charge in [-0.25, -0.2) is 9.97 Å². The van der Waals surface area contributed by atoms with Crippen LogP contribution >= 0.6 is 0 Å². The van der Waals surface area contributed by atoms with Crippen molar-refractivity contribution >= 4 is 17.9 Å². The predicted molar refractivity (Wildman–Crippen MR) is 124 cm³/mol. The largest absolute Gasteiger partial charge is 0.378 e. The summed E-state index contributed by atoms with van der Waals surface area (Å²) in [6.07, 6.45) is 1.57. The van der Waals surface area contributed by atoms with E-state index in [0.29, 0.717) is 41.8 Å². The SMILES string of the molecule is COCc1cccc(CN=CC(=NN)c2cc(-c3cccc(C#N)c3)nc(N(C)C)n2)n1. The van der Waals surface area contributed by atoms with Gasteiger partial charge in [0.15, 0.2) is 0 Å². The number of aromatic nitrogens is 3. The summed E-state index contributed by atoms with van der Waals surface area (Å²) >= 11 is 0. The highest BCUT2D eigenvalue weighted by atomic mass is 16.5. The monoisotopic (exact) mass is 428 g/mol. The molecule has 0 aliphatic heterocycles. The van der Waals surface area contributed by atoms with E-state index in [2.05, 4.69) is 31.1 Å². The maximum absolute atomic E-state index is 9.21. The minimum Gasteiger partial charge on any atom is -0.378 e. The lowest BCUT2D eigenvalue weighted by Gasteiger charge is -2.13. The molecule has 3 rings (SSSR count). The van der Waals surface area contributed by atoms with Crippen molar-refractivity contribution in [2.24, 2.45) is 15.9 Å². The van der Waals surface area contributed by atoms with E-state index in [1.807, 2.05) is 44.4 Å². The number of nitrogens with zero attached hydrogens (tertiary/aromatic N) is 7. The van der Waals surface area contributed by atoms with Gasteiger partial charge in [0.05, 0.1) is 53.8 Å². The first-order valence-corrected chi connectivity index (χ1v) is 9.82. The van der Waals surface area contributed by atoms with Crippen molar-refractivity contribution in [3.63, 3.8) is 0 Å². The molecule has 0 radical (unpaired) electrons. The number of pyridine rings is 1. The minimum atomic E-state index is 0.360. The maximum atomic E-state index is 9.21. The number of ether oxygens (including phenoxy) is 1. The third-order valence-corrected chi connectivity index (χ3v) is 4.43. The smallest absolute Gasteiger partial charge is 0.225 e. The van der Waals surface area contributed by atoms with Gasteiger partial charge in [-0.15, -0.1) is 0 Å². The molecule has 0 aliphatic carbocycles. The second kappa shape index (κ2) is 10.7. The van der Waals surface area contributed by atoms with Gasteiger partial charge in [0.2, 0.25) is 5.95 Å². The van der Waals surface area contributed by atoms with Crippen LogP contribution in [0, 0.1) is 11.3 Å². The van der Waals surface area contributed by atoms with E-state index in [1.165, 1.54) is 0 Å². The van der Waals surface area contributed by atoms with Gasteiger partial charge in [-0.3, -0.25) is 9.98 Å². The number of methoxy groups -OCH3 is 1. The minimum absolute atomic E-state index is 0.360. The summed E-state index contributed by atoms with van der Waals surface area (Å²) < 4.78 is 5.12. The Bertz CT molecular complexity index is 1180. The fourth-order valence-corrected chi connectivity index (χ4v) is 2.90. The summed E-state index contributed by atoms with van der Waals surface area (Å²) in [7, 11) is 5.33. The first-order valence-electron chi connectivity index (χ1n) is 9.82. The van der Waals surface area contributed by atoms with Gasteiger partial charge < -0.3 is 15.5 Å². The Morgan fingerprint density at radius 1 is 1.12 bits per heavy atom. The molecule has 0 unspecified atom stereocenters. The Kier molecular flexibility index (Phi) is 7.56. The van der Waals surface area contributed by atoms with E-state index in [1.54, 1.807) is 36.4 Å². The first kappa shape index (κ1) is 22.5. The number of hydrogen-bond donors (Lipinski definition) is 1. The second-order valence-corrected chi connectivity index (χ2v) is 7.06. The molecule has 162 valence electrons. The molecule has 9 heteroatoms. The Labute approximate surface area is 186 Å². The lowest BCUT2D eigenvalue weighted by molar-refractivity contribution is 0.181. The number of benzene rings is 1. The summed E-state index contributed by atoms with van der Waals surface area (Å²) in [5.74, 6) is 6.15. The molecule has 32 heavy (non-hydrogen) atoms. The Morgan fingerprint density at radius 2 is 1.91 bits per heavy atom. The summed E-state index contributed by atoms with van der Waals surface area (Å²) in [6.45, 7) is 0.802. The van der Waals surface area contributed by atoms with Crippen LogP contribution in [-0.2, 0) is 17.9 Å². The molecule has 0 saturated heterocycles. The first-order chi connectivity index (χ1) is 15.5. The maximum Gasteiger partial charge on any atom is 0.225 e. The third kappa shape index (κ3) is 5.71. The standard InChI is InChI=1S/C23H24N8O/c1-31(2)23-28-20(17-7-4-6-16(10-17)12-24)11-21(29-23)22(30-25)14-26-13-18-8-5-9-19(27-18)15-32-3/h4-11,14H,13,15,25H2,1-3H3. The van der Waals surface area contributed by atoms with Gasteiger partial charge in [0, 0.05) is 26.8 Å². The van der Waals surface area contributed by atoms with Crippen LogP contribution < -0.4 is 10.7 Å². The zero-order valence-corrected chi connectivity index (χ0v) is 18.2. The van der Waals surface area contributed by atoms with Crippen LogP contribution in [0.5, 0.6) is 0 Å². The third-order valence-electron chi connectivity index (χ3n) is 4.43. The van der Waals surface area contributed by atoms with Crippen LogP contribution in [0.1, 0.15) is 22.6 Å². The highest BCUT2D eigenvalue weighted by Gasteiger charge is 2.12. The van der Waals surface area contributed by atoms with Gasteiger partial charge in [-0.05, 0) is 30.3 Å². The Hall–Kier alpha value is -4.16. The molecule has 3 aromatic rings. The number of aliphatic imine (C=N–C) groups is 1. The zero-order chi connectivity index (χ0) is 22.9. The van der Waals surface area contributed by atoms with Crippen molar-refractivity contribution in [2.75, 3.05) is 26.1 Å². The van der Waals surface area contributed by atoms with E-state index in [0.717, 1.165) is 17.0 Å². The number of anilines is 1. The van der Waals surface area contributed by atoms with E-state index in [4.69, 9.17) is 10.6 Å². The van der Waals surface area contributed by atoms with Gasteiger partial charge in [0.25, 0.3) is 0 Å². The van der Waals surface area contributed by atoms with Gasteiger partial charge in [-0.1, -0.05) is 18.2 Å². The molecule has 2 heterocycles. The lowest BCUT2D eigenvalue weighted by atomic mass is 10.1. The fraction of sp³-hybridized carbons (Fsp3) is 0.217. The van der Waals surface area contributed by atoms with Crippen LogP contribution in [0.15, 0.2) is 58.6 Å². The molecular formula is C23H24N8O. The van der Waals surface area contributed by atoms with Gasteiger partial charge >= 0.3 is 0 Å². The zero-order valence-electron chi connectivity index (χ0n) is 18.2. The van der Waals surface area contributed by atoms with Crippen molar-refractivity contribution in [3.8, 4) is 17.3 Å². The van der Waals surface area contributed by atoms with Crippen molar-refractivity contribution < 1.29 is 4.74 Å². The molecule has 2 aromatic heterocycles. The average Bonchev–Trinajstić information content (AvgIpc) is 2.82. The lowest BCUT2D eigenvalue weighted by Crippen LogP contribution is -2.17. The number of hydrazone groups is 1. The van der Waals surface area contributed by atoms with Crippen molar-refractivity contribution in [1.82, 2.24) is 15.0 Å². The van der Waals surface area contributed by atoms with Crippen LogP contribution in [0.2, 0.25) is 0 Å². The van der Waals surface area contributed by atoms with E-state index >= 15 is 0 Å². The molecule has 0 aliphatic rings. The summed E-state index contributed by atoms with van der Waals surface area (Å²) in [4.78, 5) is 19.9. The van der Waals surface area contributed by atoms with Crippen LogP contribution in [0.3, 0.4) is 0 Å². The van der Waals surface area contributed by atoms with E-state index in [9.17, 15) is 5.26 Å². The van der Waals surface area contributed by atoms with Crippen LogP contribution in [0.4, 0.5) is 5.95 Å². The van der Waals surface area contributed by atoms with Crippen molar-refractivity contribution in [1.29, 1.82) is 5.26 Å². The topological polar surface area (TPSA) is 126 Å². The molecule has 0 saturated carbocycles. The molecule has 1 aromatic carbocycles. The van der Waals surface area contributed by atoms with Crippen LogP contribution in [-0.4, -0.2) is 48.1 Å². The van der Waals surface area contributed by atoms with Crippen molar-refractivity contribution in [3.05, 3.63) is 71.2 Å². The highest BCUT2D eigenvalue weighted by molar-refractivity contribution is 6.37. The molecule has 0 bridgehead atoms. The normalized spacial score (nSPS) is 11.5. The average molecular weight is 429 g/mol. The number of nitrogens with two attached hydrogens (primary N) is 1. The predicted octanol–water partition coefficient (Wildman–Crippen LogP) is 2.56. The Morgan fingerprint density at radius 3 is 2.62 bits per heavy atom. The molecule has 0 spiro atoms. The van der Waals surface area contributed by atoms with E-state index < -0.39 is 0 Å². The van der Waals surface area contributed by atoms with E-state index in [-0.39, 0.29) is 0 Å². The molecule has 0 atom stereocenters. The molecular weight excluding hydrogens is 404 g/mol. The quantitative estimate of drug-likeness (QED) is 0.332. The summed E-state index contributed by atoms with van der Waals surface area (Å²) in [5, 5.41) is 13.1. The van der Waals surface area contributed by atoms with Gasteiger partial charge in [-0.2, -0.15) is 10.4 Å². The number of rotatable bonds is 8. The fourth-order valence-electron chi connectivity index (χ4n) is 2.90. The van der Waals surface area contributed by atoms with Crippen LogP contribution in [0.25, 0.3) is 11.3 Å². The summed E-state index contributed by atoms with van der Waals surface area (Å²) in [5.41, 5.74) is 4.56. The number of hydrogen-bond acceptors (Lipinski definition) is 9. The van der Waals surface area contributed by atoms with Gasteiger partial charge in [0.1, 0.15) is 5.71 Å². The van der Waals surface area contributed by atoms with Crippen molar-refractivity contribution in [2.45, 2.75) is 13.2 Å². The molecule has 0 amide bonds. The second-order valence-electron chi connectivity index (χ2n) is 7.06. The molecule has 9 nitrogen and oxygen atoms in total. The number of nitriles is 1.